The SMILES string of the molecule is NC(CO)c1cccc(C2CC2)c1. The second-order valence-corrected chi connectivity index (χ2v) is 3.73. The molecule has 1 unspecified atom stereocenters. The molecule has 1 aliphatic carbocycles. The average molecular weight is 177 g/mol. The van der Waals surface area contributed by atoms with Crippen molar-refractivity contribution in [1.82, 2.24) is 0 Å². The first-order chi connectivity index (χ1) is 6.31. The van der Waals surface area contributed by atoms with E-state index in [1.54, 1.807) is 0 Å². The molecule has 3 N–H and O–H groups in total. The van der Waals surface area contributed by atoms with Crippen molar-refractivity contribution in [2.45, 2.75) is 24.8 Å². The number of rotatable bonds is 3. The van der Waals surface area contributed by atoms with Crippen LogP contribution in [0.3, 0.4) is 0 Å². The molecule has 0 aromatic heterocycles. The monoisotopic (exact) mass is 177 g/mol. The smallest absolute Gasteiger partial charge is 0.0624 e. The molecule has 0 saturated heterocycles. The van der Waals surface area contributed by atoms with E-state index >= 15 is 0 Å². The lowest BCUT2D eigenvalue weighted by molar-refractivity contribution is 0.268. The Morgan fingerprint density at radius 2 is 2.23 bits per heavy atom. The molecule has 70 valence electrons. The summed E-state index contributed by atoms with van der Waals surface area (Å²) >= 11 is 0. The van der Waals surface area contributed by atoms with Gasteiger partial charge in [-0.15, -0.1) is 0 Å². The van der Waals surface area contributed by atoms with Crippen molar-refractivity contribution >= 4 is 0 Å². The first kappa shape index (κ1) is 8.73. The maximum Gasteiger partial charge on any atom is 0.0624 e. The molecule has 1 saturated carbocycles. The fraction of sp³-hybridized carbons (Fsp3) is 0.455. The van der Waals surface area contributed by atoms with Gasteiger partial charge in [0.15, 0.2) is 0 Å². The van der Waals surface area contributed by atoms with Crippen LogP contribution in [0.4, 0.5) is 0 Å². The summed E-state index contributed by atoms with van der Waals surface area (Å²) in [6.45, 7) is 0.0219. The lowest BCUT2D eigenvalue weighted by atomic mass is 10.0. The minimum atomic E-state index is -0.223. The third kappa shape index (κ3) is 1.90. The molecule has 0 heterocycles. The quantitative estimate of drug-likeness (QED) is 0.736. The summed E-state index contributed by atoms with van der Waals surface area (Å²) < 4.78 is 0. The van der Waals surface area contributed by atoms with Gasteiger partial charge >= 0.3 is 0 Å². The Morgan fingerprint density at radius 1 is 1.46 bits per heavy atom. The number of hydrogen-bond acceptors (Lipinski definition) is 2. The van der Waals surface area contributed by atoms with E-state index in [4.69, 9.17) is 10.8 Å². The predicted molar refractivity (Wildman–Crippen MR) is 52.4 cm³/mol. The Bertz CT molecular complexity index is 294. The maximum atomic E-state index is 8.91. The van der Waals surface area contributed by atoms with Crippen LogP contribution in [0, 0.1) is 0 Å². The zero-order valence-electron chi connectivity index (χ0n) is 7.61. The molecule has 13 heavy (non-hydrogen) atoms. The number of benzene rings is 1. The molecule has 0 radical (unpaired) electrons. The van der Waals surface area contributed by atoms with Gasteiger partial charge in [0.2, 0.25) is 0 Å². The topological polar surface area (TPSA) is 46.2 Å². The molecular formula is C11H15NO. The highest BCUT2D eigenvalue weighted by Crippen LogP contribution is 2.40. The van der Waals surface area contributed by atoms with Crippen molar-refractivity contribution in [3.05, 3.63) is 35.4 Å². The molecular weight excluding hydrogens is 162 g/mol. The van der Waals surface area contributed by atoms with Gasteiger partial charge in [-0.05, 0) is 29.9 Å². The van der Waals surface area contributed by atoms with Crippen molar-refractivity contribution in [1.29, 1.82) is 0 Å². The van der Waals surface area contributed by atoms with E-state index in [0.717, 1.165) is 11.5 Å². The molecule has 1 aromatic carbocycles. The molecule has 2 rings (SSSR count). The lowest BCUT2D eigenvalue weighted by Crippen LogP contribution is -2.14. The molecule has 1 atom stereocenters. The van der Waals surface area contributed by atoms with Gasteiger partial charge in [0, 0.05) is 0 Å². The molecule has 0 spiro atoms. The highest BCUT2D eigenvalue weighted by atomic mass is 16.3. The average Bonchev–Trinajstić information content (AvgIpc) is 3.00. The fourth-order valence-electron chi connectivity index (χ4n) is 1.57. The Morgan fingerprint density at radius 3 is 2.85 bits per heavy atom. The summed E-state index contributed by atoms with van der Waals surface area (Å²) in [5.74, 6) is 0.755. The van der Waals surface area contributed by atoms with Gasteiger partial charge in [-0.2, -0.15) is 0 Å². The van der Waals surface area contributed by atoms with Gasteiger partial charge in [-0.3, -0.25) is 0 Å². The van der Waals surface area contributed by atoms with Crippen LogP contribution < -0.4 is 5.73 Å². The second kappa shape index (κ2) is 3.48. The van der Waals surface area contributed by atoms with E-state index in [0.29, 0.717) is 0 Å². The van der Waals surface area contributed by atoms with Crippen LogP contribution in [0.15, 0.2) is 24.3 Å². The molecule has 2 nitrogen and oxygen atoms in total. The number of hydrogen-bond donors (Lipinski definition) is 2. The van der Waals surface area contributed by atoms with Gasteiger partial charge in [-0.1, -0.05) is 24.3 Å². The summed E-state index contributed by atoms with van der Waals surface area (Å²) in [5.41, 5.74) is 8.16. The van der Waals surface area contributed by atoms with E-state index in [2.05, 4.69) is 12.1 Å². The van der Waals surface area contributed by atoms with Gasteiger partial charge in [0.1, 0.15) is 0 Å². The zero-order chi connectivity index (χ0) is 9.26. The van der Waals surface area contributed by atoms with Crippen LogP contribution >= 0.6 is 0 Å². The third-order valence-electron chi connectivity index (χ3n) is 2.58. The minimum Gasteiger partial charge on any atom is -0.394 e. The van der Waals surface area contributed by atoms with Crippen molar-refractivity contribution in [3.8, 4) is 0 Å². The Balaban J connectivity index is 2.21. The second-order valence-electron chi connectivity index (χ2n) is 3.73. The van der Waals surface area contributed by atoms with Crippen LogP contribution in [-0.2, 0) is 0 Å². The summed E-state index contributed by atoms with van der Waals surface area (Å²) in [7, 11) is 0. The van der Waals surface area contributed by atoms with Crippen LogP contribution in [0.25, 0.3) is 0 Å². The summed E-state index contributed by atoms with van der Waals surface area (Å²) in [6, 6.07) is 8.05. The van der Waals surface area contributed by atoms with Crippen LogP contribution in [0.5, 0.6) is 0 Å². The maximum absolute atomic E-state index is 8.91. The highest BCUT2D eigenvalue weighted by molar-refractivity contribution is 5.30. The molecule has 2 heteroatoms. The van der Waals surface area contributed by atoms with Crippen LogP contribution in [0.2, 0.25) is 0 Å². The number of aliphatic hydroxyl groups is 1. The van der Waals surface area contributed by atoms with Crippen molar-refractivity contribution in [2.24, 2.45) is 5.73 Å². The summed E-state index contributed by atoms with van der Waals surface area (Å²) in [4.78, 5) is 0. The van der Waals surface area contributed by atoms with Gasteiger partial charge in [-0.25, -0.2) is 0 Å². The molecule has 1 aromatic rings. The van der Waals surface area contributed by atoms with E-state index in [1.807, 2.05) is 12.1 Å². The van der Waals surface area contributed by atoms with E-state index in [9.17, 15) is 0 Å². The van der Waals surface area contributed by atoms with Gasteiger partial charge in [0.25, 0.3) is 0 Å². The van der Waals surface area contributed by atoms with Gasteiger partial charge < -0.3 is 10.8 Å². The molecule has 0 bridgehead atoms. The Hall–Kier alpha value is -0.860. The van der Waals surface area contributed by atoms with Crippen LogP contribution in [0.1, 0.15) is 35.9 Å². The van der Waals surface area contributed by atoms with Gasteiger partial charge in [0.05, 0.1) is 12.6 Å². The van der Waals surface area contributed by atoms with Crippen LogP contribution in [-0.4, -0.2) is 11.7 Å². The van der Waals surface area contributed by atoms with E-state index in [1.165, 1.54) is 18.4 Å². The van der Waals surface area contributed by atoms with Crippen molar-refractivity contribution in [3.63, 3.8) is 0 Å². The van der Waals surface area contributed by atoms with Crippen molar-refractivity contribution in [2.75, 3.05) is 6.61 Å². The predicted octanol–water partition coefficient (Wildman–Crippen LogP) is 1.56. The lowest BCUT2D eigenvalue weighted by Gasteiger charge is -2.09. The first-order valence-corrected chi connectivity index (χ1v) is 4.77. The standard InChI is InChI=1S/C11H15NO/c12-11(7-13)10-3-1-2-9(6-10)8-4-5-8/h1-3,6,8,11,13H,4-5,7,12H2. The van der Waals surface area contributed by atoms with Crippen molar-refractivity contribution < 1.29 is 5.11 Å². The van der Waals surface area contributed by atoms with E-state index in [-0.39, 0.29) is 12.6 Å². The zero-order valence-corrected chi connectivity index (χ0v) is 7.61. The molecule has 0 amide bonds. The fourth-order valence-corrected chi connectivity index (χ4v) is 1.57. The highest BCUT2D eigenvalue weighted by Gasteiger charge is 2.23. The first-order valence-electron chi connectivity index (χ1n) is 4.77. The summed E-state index contributed by atoms with van der Waals surface area (Å²) in [5, 5.41) is 8.91. The summed E-state index contributed by atoms with van der Waals surface area (Å²) in [6.07, 6.45) is 2.61. The van der Waals surface area contributed by atoms with E-state index < -0.39 is 0 Å². The molecule has 1 aliphatic rings. The number of aliphatic hydroxyl groups excluding tert-OH is 1. The largest absolute Gasteiger partial charge is 0.394 e. The molecule has 0 aliphatic heterocycles. The third-order valence-corrected chi connectivity index (χ3v) is 2.58. The minimum absolute atomic E-state index is 0.0219. The molecule has 1 fully saturated rings. The normalized spacial score (nSPS) is 18.6. The number of nitrogens with two attached hydrogens (primary N) is 1. The Labute approximate surface area is 78.4 Å². The Kier molecular flexibility index (Phi) is 2.34.